The number of amides is 1. The molecule has 0 saturated carbocycles. The number of nitrogens with one attached hydrogen (secondary N) is 1. The molecule has 12 atom stereocenters. The lowest BCUT2D eigenvalue weighted by Crippen LogP contribution is -2.65. The minimum Gasteiger partial charge on any atom is -0.394 e. The molecule has 2 aliphatic heterocycles. The monoisotopic (exact) mass is 1140 g/mol. The highest BCUT2D eigenvalue weighted by atomic mass is 16.7. The highest BCUT2D eigenvalue weighted by molar-refractivity contribution is 5.76. The van der Waals surface area contributed by atoms with Gasteiger partial charge in [0.15, 0.2) is 12.6 Å². The first kappa shape index (κ1) is 73.5. The summed E-state index contributed by atoms with van der Waals surface area (Å²) in [6, 6.07) is -0.979. The number of aliphatic hydroxyl groups is 8. The van der Waals surface area contributed by atoms with Gasteiger partial charge in [0.25, 0.3) is 0 Å². The van der Waals surface area contributed by atoms with E-state index in [1.54, 1.807) is 6.08 Å². The quantitative estimate of drug-likeness (QED) is 0.0204. The lowest BCUT2D eigenvalue weighted by atomic mass is 9.97. The smallest absolute Gasteiger partial charge is 0.220 e. The van der Waals surface area contributed by atoms with Crippen LogP contribution in [0.1, 0.15) is 200 Å². The number of ether oxygens (including phenoxy) is 4. The molecule has 0 aromatic carbocycles. The van der Waals surface area contributed by atoms with E-state index in [2.05, 4.69) is 122 Å². The second-order valence-electron chi connectivity index (χ2n) is 21.4. The topological polar surface area (TPSA) is 228 Å². The largest absolute Gasteiger partial charge is 0.394 e. The van der Waals surface area contributed by atoms with E-state index in [0.717, 1.165) is 70.6 Å². The minimum absolute atomic E-state index is 0.182. The highest BCUT2D eigenvalue weighted by Gasteiger charge is 2.51. The predicted octanol–water partition coefficient (Wildman–Crippen LogP) is 11.4. The molecule has 0 aliphatic carbocycles. The molecule has 81 heavy (non-hydrogen) atoms. The Morgan fingerprint density at radius 1 is 0.457 bits per heavy atom. The Hall–Kier alpha value is -3.61. The van der Waals surface area contributed by atoms with Crippen LogP contribution in [0.2, 0.25) is 0 Å². The van der Waals surface area contributed by atoms with Crippen LogP contribution in [0, 0.1) is 0 Å². The van der Waals surface area contributed by atoms with Crippen molar-refractivity contribution in [2.75, 3.05) is 19.8 Å². The maximum absolute atomic E-state index is 13.3. The van der Waals surface area contributed by atoms with Gasteiger partial charge in [-0.2, -0.15) is 0 Å². The van der Waals surface area contributed by atoms with Crippen LogP contribution in [0.3, 0.4) is 0 Å². The molecule has 1 amide bonds. The molecule has 2 heterocycles. The van der Waals surface area contributed by atoms with Gasteiger partial charge in [0.2, 0.25) is 5.91 Å². The number of hydrogen-bond acceptors (Lipinski definition) is 13. The van der Waals surface area contributed by atoms with Crippen molar-refractivity contribution in [3.63, 3.8) is 0 Å². The number of unbranched alkanes of at least 4 members (excludes halogenated alkanes) is 17. The van der Waals surface area contributed by atoms with Crippen molar-refractivity contribution in [1.82, 2.24) is 5.32 Å². The normalized spacial score (nSPS) is 25.0. The SMILES string of the molecule is CC/C=C\C/C=C\C/C=C\C/C=C\C/C=C\C/C=C\C/C=C\CCCC(=O)NC(COC1OC(CO)C(OC2OC(CO)C(O)C(O)C2O)C(O)C1O)C(O)/C=C/CC/C=C/CC/C=C/CCCCCCCCCCCCCCCC. The Labute approximate surface area is 488 Å². The number of allylic oxidation sites excluding steroid dienone is 19. The van der Waals surface area contributed by atoms with Crippen LogP contribution in [-0.2, 0) is 23.7 Å². The molecule has 9 N–H and O–H groups in total. The molecule has 2 aliphatic rings. The van der Waals surface area contributed by atoms with E-state index in [4.69, 9.17) is 18.9 Å². The summed E-state index contributed by atoms with van der Waals surface area (Å²) in [5.74, 6) is -0.315. The maximum atomic E-state index is 13.3. The molecule has 12 unspecified atom stereocenters. The maximum Gasteiger partial charge on any atom is 0.220 e. The second-order valence-corrected chi connectivity index (χ2v) is 21.4. The van der Waals surface area contributed by atoms with E-state index in [0.29, 0.717) is 19.3 Å². The summed E-state index contributed by atoms with van der Waals surface area (Å²) < 4.78 is 22.7. The van der Waals surface area contributed by atoms with Gasteiger partial charge in [-0.3, -0.25) is 4.79 Å². The Morgan fingerprint density at radius 3 is 1.36 bits per heavy atom. The van der Waals surface area contributed by atoms with E-state index in [9.17, 15) is 45.6 Å². The van der Waals surface area contributed by atoms with Crippen molar-refractivity contribution < 1.29 is 64.6 Å². The molecule has 14 heteroatoms. The third kappa shape index (κ3) is 36.0. The molecular weight excluding hydrogens is 1030 g/mol. The zero-order valence-electron chi connectivity index (χ0n) is 49.7. The van der Waals surface area contributed by atoms with Crippen LogP contribution in [0.15, 0.2) is 122 Å². The standard InChI is InChI=1S/C67H111NO13/c1-3-5-7-9-11-13-15-17-19-21-23-25-27-29-30-32-34-36-38-40-42-44-46-48-50-56(71)55(54-78-66-64(77)62(75)65(58(53-70)80-66)81-67-63(76)61(74)60(73)57(52-69)79-67)68-59(72)51-49-47-45-43-41-39-37-35-33-31-28-26-24-22-20-18-16-14-12-10-8-6-4-2/h6,8,12,14,18,20,24,26,31-34,37,39-40,42-43,45,48,50,55-58,60-67,69-71,73-77H,3-5,7,9-11,13,15-17,19,21-23,25,27-30,35-36,38,41,44,46-47,49,51-54H2,1-2H3,(H,68,72)/b8-6-,14-12-,20-18-,26-24-,33-31-,34-32+,39-37-,42-40+,45-43-,50-48+. The molecule has 0 aromatic heterocycles. The Kier molecular flexibility index (Phi) is 46.1. The molecular formula is C67H111NO13. The summed E-state index contributed by atoms with van der Waals surface area (Å²) in [5, 5.41) is 87.1. The lowest BCUT2D eigenvalue weighted by Gasteiger charge is -2.46. The van der Waals surface area contributed by atoms with Gasteiger partial charge >= 0.3 is 0 Å². The van der Waals surface area contributed by atoms with Gasteiger partial charge in [-0.15, -0.1) is 0 Å². The molecule has 2 fully saturated rings. The molecule has 0 spiro atoms. The number of aliphatic hydroxyl groups excluding tert-OH is 8. The first-order valence-corrected chi connectivity index (χ1v) is 31.3. The van der Waals surface area contributed by atoms with Gasteiger partial charge in [0.05, 0.1) is 32.0 Å². The molecule has 0 radical (unpaired) electrons. The highest BCUT2D eigenvalue weighted by Crippen LogP contribution is 2.30. The minimum atomic E-state index is -1.81. The molecule has 2 saturated heterocycles. The number of carbonyl (C=O) groups is 1. The van der Waals surface area contributed by atoms with Gasteiger partial charge < -0.3 is 65.1 Å². The zero-order valence-corrected chi connectivity index (χ0v) is 49.7. The van der Waals surface area contributed by atoms with Gasteiger partial charge in [0.1, 0.15) is 48.8 Å². The lowest BCUT2D eigenvalue weighted by molar-refractivity contribution is -0.359. The van der Waals surface area contributed by atoms with Crippen molar-refractivity contribution in [1.29, 1.82) is 0 Å². The van der Waals surface area contributed by atoms with Crippen molar-refractivity contribution in [2.24, 2.45) is 0 Å². The van der Waals surface area contributed by atoms with Crippen LogP contribution in [-0.4, -0.2) is 140 Å². The Morgan fingerprint density at radius 2 is 0.864 bits per heavy atom. The average molecular weight is 1140 g/mol. The Bertz CT molecular complexity index is 1820. The van der Waals surface area contributed by atoms with E-state index >= 15 is 0 Å². The van der Waals surface area contributed by atoms with Crippen molar-refractivity contribution >= 4 is 5.91 Å². The average Bonchev–Trinajstić information content (AvgIpc) is 3.47. The summed E-state index contributed by atoms with van der Waals surface area (Å²) >= 11 is 0. The predicted molar refractivity (Wildman–Crippen MR) is 327 cm³/mol. The molecule has 0 aromatic rings. The van der Waals surface area contributed by atoms with E-state index in [1.807, 2.05) is 12.2 Å². The van der Waals surface area contributed by atoms with Crippen LogP contribution >= 0.6 is 0 Å². The van der Waals surface area contributed by atoms with E-state index < -0.39 is 86.8 Å². The van der Waals surface area contributed by atoms with E-state index in [1.165, 1.54) is 89.9 Å². The summed E-state index contributed by atoms with van der Waals surface area (Å²) in [6.45, 7) is 2.61. The second kappa shape index (κ2) is 50.9. The molecule has 462 valence electrons. The summed E-state index contributed by atoms with van der Waals surface area (Å²) in [5.41, 5.74) is 0. The summed E-state index contributed by atoms with van der Waals surface area (Å²) in [7, 11) is 0. The Balaban J connectivity index is 1.81. The van der Waals surface area contributed by atoms with Crippen LogP contribution in [0.5, 0.6) is 0 Å². The van der Waals surface area contributed by atoms with Crippen molar-refractivity contribution in [3.8, 4) is 0 Å². The first-order chi connectivity index (χ1) is 39.6. The molecule has 2 rings (SSSR count). The summed E-state index contributed by atoms with van der Waals surface area (Å²) in [4.78, 5) is 13.3. The van der Waals surface area contributed by atoms with E-state index in [-0.39, 0.29) is 18.9 Å². The van der Waals surface area contributed by atoms with Crippen LogP contribution in [0.25, 0.3) is 0 Å². The van der Waals surface area contributed by atoms with Crippen molar-refractivity contribution in [2.45, 2.75) is 274 Å². The third-order valence-electron chi connectivity index (χ3n) is 14.4. The van der Waals surface area contributed by atoms with Gasteiger partial charge in [0, 0.05) is 6.42 Å². The van der Waals surface area contributed by atoms with Gasteiger partial charge in [-0.05, 0) is 96.3 Å². The fourth-order valence-corrected chi connectivity index (χ4v) is 9.37. The summed E-state index contributed by atoms with van der Waals surface area (Å²) in [6.07, 6.45) is 56.7. The van der Waals surface area contributed by atoms with Gasteiger partial charge in [-0.25, -0.2) is 0 Å². The fourth-order valence-electron chi connectivity index (χ4n) is 9.37. The van der Waals surface area contributed by atoms with Gasteiger partial charge in [-0.1, -0.05) is 219 Å². The van der Waals surface area contributed by atoms with Crippen LogP contribution in [0.4, 0.5) is 0 Å². The fraction of sp³-hybridized carbons (Fsp3) is 0.687. The zero-order chi connectivity index (χ0) is 58.8. The number of hydrogen-bond donors (Lipinski definition) is 9. The number of rotatable bonds is 48. The van der Waals surface area contributed by atoms with Crippen molar-refractivity contribution in [3.05, 3.63) is 122 Å². The third-order valence-corrected chi connectivity index (χ3v) is 14.4. The van der Waals surface area contributed by atoms with Crippen LogP contribution < -0.4 is 5.32 Å². The number of carbonyl (C=O) groups excluding carboxylic acids is 1. The molecule has 14 nitrogen and oxygen atoms in total. The first-order valence-electron chi connectivity index (χ1n) is 31.3. The molecule has 0 bridgehead atoms.